The summed E-state index contributed by atoms with van der Waals surface area (Å²) in [7, 11) is 1.89. The molecule has 1 aromatic carbocycles. The lowest BCUT2D eigenvalue weighted by Crippen LogP contribution is -1.97. The number of benzene rings is 1. The average Bonchev–Trinajstić information content (AvgIpc) is 3.04. The smallest absolute Gasteiger partial charge is 0.168 e. The molecule has 2 aromatic rings. The van der Waals surface area contributed by atoms with Gasteiger partial charge in [0.05, 0.1) is 11.6 Å². The van der Waals surface area contributed by atoms with Gasteiger partial charge in [0, 0.05) is 19.2 Å². The Labute approximate surface area is 103 Å². The number of fused-ring (bicyclic) bond motifs is 1. The predicted molar refractivity (Wildman–Crippen MR) is 66.1 cm³/mol. The highest BCUT2D eigenvalue weighted by atomic mass is 32.2. The standard InChI is InChI=1S/C12H13FN2OS/c1-15-10-6-8(16-7-3-4-7)5-9(13)11(10)14-12(15)17-2/h5-7H,3-4H2,1-2H3. The zero-order valence-corrected chi connectivity index (χ0v) is 10.6. The minimum Gasteiger partial charge on any atom is -0.490 e. The van der Waals surface area contributed by atoms with E-state index in [4.69, 9.17) is 4.74 Å². The summed E-state index contributed by atoms with van der Waals surface area (Å²) in [6, 6.07) is 3.29. The van der Waals surface area contributed by atoms with Crippen LogP contribution in [0.15, 0.2) is 17.3 Å². The molecule has 1 aliphatic rings. The van der Waals surface area contributed by atoms with E-state index >= 15 is 0 Å². The van der Waals surface area contributed by atoms with Gasteiger partial charge in [-0.15, -0.1) is 0 Å². The fourth-order valence-corrected chi connectivity index (χ4v) is 2.38. The second kappa shape index (κ2) is 3.91. The van der Waals surface area contributed by atoms with E-state index in [0.717, 1.165) is 23.5 Å². The molecule has 90 valence electrons. The van der Waals surface area contributed by atoms with E-state index in [1.807, 2.05) is 23.9 Å². The number of imidazole rings is 1. The monoisotopic (exact) mass is 252 g/mol. The summed E-state index contributed by atoms with van der Waals surface area (Å²) in [6.07, 6.45) is 4.35. The van der Waals surface area contributed by atoms with Crippen molar-refractivity contribution in [1.29, 1.82) is 0 Å². The summed E-state index contributed by atoms with van der Waals surface area (Å²) in [5.41, 5.74) is 1.20. The van der Waals surface area contributed by atoms with E-state index < -0.39 is 0 Å². The molecule has 1 saturated carbocycles. The van der Waals surface area contributed by atoms with Crippen LogP contribution in [0.25, 0.3) is 11.0 Å². The zero-order chi connectivity index (χ0) is 12.0. The van der Waals surface area contributed by atoms with Crippen molar-refractivity contribution in [3.63, 3.8) is 0 Å². The maximum Gasteiger partial charge on any atom is 0.168 e. The Balaban J connectivity index is 2.12. The third-order valence-corrected chi connectivity index (χ3v) is 3.61. The second-order valence-electron chi connectivity index (χ2n) is 4.25. The van der Waals surface area contributed by atoms with Gasteiger partial charge in [-0.3, -0.25) is 0 Å². The summed E-state index contributed by atoms with van der Waals surface area (Å²) in [5.74, 6) is 0.294. The van der Waals surface area contributed by atoms with Crippen LogP contribution in [0.2, 0.25) is 0 Å². The van der Waals surface area contributed by atoms with Crippen LogP contribution in [-0.2, 0) is 7.05 Å². The molecule has 0 amide bonds. The number of thioether (sulfide) groups is 1. The third kappa shape index (κ3) is 1.88. The maximum atomic E-state index is 13.9. The highest BCUT2D eigenvalue weighted by Crippen LogP contribution is 2.31. The van der Waals surface area contributed by atoms with Crippen molar-refractivity contribution in [3.05, 3.63) is 17.9 Å². The normalized spacial score (nSPS) is 15.5. The SMILES string of the molecule is CSc1nc2c(F)cc(OC3CC3)cc2n1C. The highest BCUT2D eigenvalue weighted by Gasteiger charge is 2.24. The first-order valence-corrected chi connectivity index (χ1v) is 6.78. The van der Waals surface area contributed by atoms with Crippen molar-refractivity contribution in [2.45, 2.75) is 24.1 Å². The molecule has 3 rings (SSSR count). The molecular weight excluding hydrogens is 239 g/mol. The van der Waals surface area contributed by atoms with Crippen LogP contribution in [0.1, 0.15) is 12.8 Å². The molecule has 1 aliphatic carbocycles. The van der Waals surface area contributed by atoms with Gasteiger partial charge >= 0.3 is 0 Å². The van der Waals surface area contributed by atoms with Crippen molar-refractivity contribution in [3.8, 4) is 5.75 Å². The van der Waals surface area contributed by atoms with Crippen LogP contribution >= 0.6 is 11.8 Å². The lowest BCUT2D eigenvalue weighted by atomic mass is 10.3. The van der Waals surface area contributed by atoms with E-state index in [1.165, 1.54) is 17.8 Å². The summed E-state index contributed by atoms with van der Waals surface area (Å²) < 4.78 is 21.4. The zero-order valence-electron chi connectivity index (χ0n) is 9.74. The Morgan fingerprint density at radius 3 is 2.88 bits per heavy atom. The summed E-state index contributed by atoms with van der Waals surface area (Å²) in [5, 5.41) is 0.808. The molecule has 0 atom stereocenters. The van der Waals surface area contributed by atoms with Crippen molar-refractivity contribution >= 4 is 22.8 Å². The molecule has 1 aromatic heterocycles. The molecule has 0 bridgehead atoms. The lowest BCUT2D eigenvalue weighted by molar-refractivity contribution is 0.302. The second-order valence-corrected chi connectivity index (χ2v) is 5.02. The van der Waals surface area contributed by atoms with E-state index in [2.05, 4.69) is 4.98 Å². The molecule has 0 saturated heterocycles. The van der Waals surface area contributed by atoms with E-state index in [9.17, 15) is 4.39 Å². The number of rotatable bonds is 3. The van der Waals surface area contributed by atoms with Crippen LogP contribution in [0.5, 0.6) is 5.75 Å². The average molecular weight is 252 g/mol. The first-order chi connectivity index (χ1) is 8.19. The van der Waals surface area contributed by atoms with Gasteiger partial charge in [0.2, 0.25) is 0 Å². The van der Waals surface area contributed by atoms with E-state index in [1.54, 1.807) is 0 Å². The number of halogens is 1. The summed E-state index contributed by atoms with van der Waals surface area (Å²) in [6.45, 7) is 0. The topological polar surface area (TPSA) is 27.1 Å². The Kier molecular flexibility index (Phi) is 2.50. The van der Waals surface area contributed by atoms with Gasteiger partial charge in [0.15, 0.2) is 11.0 Å². The number of aromatic nitrogens is 2. The van der Waals surface area contributed by atoms with Gasteiger partial charge < -0.3 is 9.30 Å². The molecule has 0 aliphatic heterocycles. The van der Waals surface area contributed by atoms with Crippen LogP contribution in [0.3, 0.4) is 0 Å². The lowest BCUT2D eigenvalue weighted by Gasteiger charge is -2.05. The predicted octanol–water partition coefficient (Wildman–Crippen LogP) is 2.98. The summed E-state index contributed by atoms with van der Waals surface area (Å²) >= 11 is 1.51. The van der Waals surface area contributed by atoms with Gasteiger partial charge in [-0.25, -0.2) is 9.37 Å². The first kappa shape index (κ1) is 10.9. The number of hydrogen-bond donors (Lipinski definition) is 0. The molecule has 3 nitrogen and oxygen atoms in total. The number of ether oxygens (including phenoxy) is 1. The molecule has 0 N–H and O–H groups in total. The number of hydrogen-bond acceptors (Lipinski definition) is 3. The van der Waals surface area contributed by atoms with Crippen LogP contribution in [-0.4, -0.2) is 21.9 Å². The van der Waals surface area contributed by atoms with Gasteiger partial charge in [-0.2, -0.15) is 0 Å². The Morgan fingerprint density at radius 2 is 2.24 bits per heavy atom. The van der Waals surface area contributed by atoms with Gasteiger partial charge in [0.25, 0.3) is 0 Å². The van der Waals surface area contributed by atoms with E-state index in [-0.39, 0.29) is 11.9 Å². The van der Waals surface area contributed by atoms with Crippen molar-refractivity contribution < 1.29 is 9.13 Å². The molecule has 17 heavy (non-hydrogen) atoms. The minimum atomic E-state index is -0.311. The van der Waals surface area contributed by atoms with Crippen molar-refractivity contribution in [2.75, 3.05) is 6.26 Å². The minimum absolute atomic E-state index is 0.278. The Morgan fingerprint density at radius 1 is 1.47 bits per heavy atom. The van der Waals surface area contributed by atoms with Gasteiger partial charge in [-0.05, 0) is 19.1 Å². The Hall–Kier alpha value is -1.23. The summed E-state index contributed by atoms with van der Waals surface area (Å²) in [4.78, 5) is 4.26. The molecule has 0 spiro atoms. The van der Waals surface area contributed by atoms with Crippen molar-refractivity contribution in [1.82, 2.24) is 9.55 Å². The molecule has 0 unspecified atom stereocenters. The highest BCUT2D eigenvalue weighted by molar-refractivity contribution is 7.98. The number of nitrogens with zero attached hydrogens (tertiary/aromatic N) is 2. The van der Waals surface area contributed by atoms with Gasteiger partial charge in [-0.1, -0.05) is 11.8 Å². The Bertz CT molecular complexity index is 577. The van der Waals surface area contributed by atoms with E-state index in [0.29, 0.717) is 11.3 Å². The van der Waals surface area contributed by atoms with Crippen LogP contribution < -0.4 is 4.74 Å². The van der Waals surface area contributed by atoms with Crippen LogP contribution in [0, 0.1) is 5.82 Å². The molecule has 0 radical (unpaired) electrons. The third-order valence-electron chi connectivity index (χ3n) is 2.88. The fourth-order valence-electron chi connectivity index (χ4n) is 1.83. The van der Waals surface area contributed by atoms with Crippen molar-refractivity contribution in [2.24, 2.45) is 7.05 Å². The quantitative estimate of drug-likeness (QED) is 0.786. The molecular formula is C12H13FN2OS. The number of aryl methyl sites for hydroxylation is 1. The largest absolute Gasteiger partial charge is 0.490 e. The molecule has 1 fully saturated rings. The maximum absolute atomic E-state index is 13.9. The van der Waals surface area contributed by atoms with Crippen LogP contribution in [0.4, 0.5) is 4.39 Å². The molecule has 1 heterocycles. The first-order valence-electron chi connectivity index (χ1n) is 5.55. The molecule has 5 heteroatoms. The van der Waals surface area contributed by atoms with Gasteiger partial charge in [0.1, 0.15) is 11.3 Å². The fraction of sp³-hybridized carbons (Fsp3) is 0.417.